The molecule has 152 valence electrons. The van der Waals surface area contributed by atoms with Crippen LogP contribution in [0.25, 0.3) is 0 Å². The maximum Gasteiger partial charge on any atom is 0.245 e. The van der Waals surface area contributed by atoms with E-state index in [9.17, 15) is 22.0 Å². The topological polar surface area (TPSA) is 84.3 Å². The summed E-state index contributed by atoms with van der Waals surface area (Å²) in [4.78, 5) is 14.1. The van der Waals surface area contributed by atoms with Gasteiger partial charge in [-0.05, 0) is 32.4 Å². The number of anilines is 2. The smallest absolute Gasteiger partial charge is 0.245 e. The van der Waals surface area contributed by atoms with Crippen LogP contribution in [-0.2, 0) is 14.6 Å². The highest BCUT2D eigenvalue weighted by Gasteiger charge is 2.31. The molecule has 10 heteroatoms. The average molecular weight is 412 g/mol. The first kappa shape index (κ1) is 20.2. The molecule has 1 fully saturated rings. The molecule has 1 saturated heterocycles. The van der Waals surface area contributed by atoms with Gasteiger partial charge in [-0.2, -0.15) is 5.10 Å². The van der Waals surface area contributed by atoms with Gasteiger partial charge in [0.1, 0.15) is 5.82 Å². The molecule has 1 aliphatic rings. The number of hydrogen-bond donors (Lipinski definition) is 1. The molecule has 2 aromatic rings. The summed E-state index contributed by atoms with van der Waals surface area (Å²) < 4.78 is 51.7. The molecule has 28 heavy (non-hydrogen) atoms. The lowest BCUT2D eigenvalue weighted by molar-refractivity contribution is -0.115. The summed E-state index contributed by atoms with van der Waals surface area (Å²) in [5.74, 6) is -1.78. The van der Waals surface area contributed by atoms with E-state index in [1.54, 1.807) is 29.5 Å². The van der Waals surface area contributed by atoms with Crippen molar-refractivity contribution < 1.29 is 22.0 Å². The first-order valence-electron chi connectivity index (χ1n) is 8.95. The van der Waals surface area contributed by atoms with Crippen molar-refractivity contribution in [2.75, 3.05) is 34.8 Å². The van der Waals surface area contributed by atoms with Crippen molar-refractivity contribution in [2.45, 2.75) is 26.3 Å². The number of nitrogens with zero attached hydrogens (tertiary/aromatic N) is 3. The highest BCUT2D eigenvalue weighted by molar-refractivity contribution is 7.91. The Labute approximate surface area is 162 Å². The van der Waals surface area contributed by atoms with Crippen molar-refractivity contribution >= 4 is 27.2 Å². The third-order valence-electron chi connectivity index (χ3n) is 4.66. The van der Waals surface area contributed by atoms with Crippen LogP contribution in [-0.4, -0.2) is 48.7 Å². The third kappa shape index (κ3) is 4.49. The molecule has 1 aromatic heterocycles. The summed E-state index contributed by atoms with van der Waals surface area (Å²) in [7, 11) is -3.09. The fourth-order valence-corrected chi connectivity index (χ4v) is 4.97. The van der Waals surface area contributed by atoms with Crippen LogP contribution in [0.3, 0.4) is 0 Å². The number of rotatable bonds is 6. The maximum atomic E-state index is 13.5. The largest absolute Gasteiger partial charge is 0.362 e. The Morgan fingerprint density at radius 3 is 2.68 bits per heavy atom. The van der Waals surface area contributed by atoms with E-state index < -0.39 is 21.5 Å². The van der Waals surface area contributed by atoms with Gasteiger partial charge in [-0.1, -0.05) is 0 Å². The van der Waals surface area contributed by atoms with Crippen LogP contribution in [0, 0.1) is 18.6 Å². The van der Waals surface area contributed by atoms with Crippen LogP contribution in [0.1, 0.15) is 25.1 Å². The molecule has 0 saturated carbocycles. The summed E-state index contributed by atoms with van der Waals surface area (Å²) in [6.07, 6.45) is 0.447. The number of carbonyl (C=O) groups is 1. The molecule has 0 aliphatic carbocycles. The Balaban J connectivity index is 1.73. The highest BCUT2D eigenvalue weighted by atomic mass is 32.2. The molecular weight excluding hydrogens is 390 g/mol. The number of carbonyl (C=O) groups excluding carboxylic acids is 1. The van der Waals surface area contributed by atoms with Crippen molar-refractivity contribution in [3.63, 3.8) is 0 Å². The fraction of sp³-hybridized carbons (Fsp3) is 0.444. The second kappa shape index (κ2) is 7.86. The normalized spacial score (nSPS) is 18.2. The lowest BCUT2D eigenvalue weighted by Crippen LogP contribution is -2.34. The minimum Gasteiger partial charge on any atom is -0.362 e. The van der Waals surface area contributed by atoms with Crippen LogP contribution in [0.15, 0.2) is 24.3 Å². The van der Waals surface area contributed by atoms with E-state index in [4.69, 9.17) is 0 Å². The first-order valence-corrected chi connectivity index (χ1v) is 10.8. The van der Waals surface area contributed by atoms with Crippen molar-refractivity contribution in [2.24, 2.45) is 0 Å². The highest BCUT2D eigenvalue weighted by Crippen LogP contribution is 2.27. The number of halogens is 2. The summed E-state index contributed by atoms with van der Waals surface area (Å²) in [6.45, 7) is 3.90. The number of amides is 1. The van der Waals surface area contributed by atoms with Crippen molar-refractivity contribution in [3.05, 3.63) is 41.6 Å². The Morgan fingerprint density at radius 2 is 2.07 bits per heavy atom. The Morgan fingerprint density at radius 1 is 1.32 bits per heavy atom. The van der Waals surface area contributed by atoms with Gasteiger partial charge in [0.05, 0.1) is 29.8 Å². The maximum absolute atomic E-state index is 13.5. The van der Waals surface area contributed by atoms with Gasteiger partial charge < -0.3 is 10.2 Å². The molecule has 0 radical (unpaired) electrons. The number of aryl methyl sites for hydroxylation is 1. The minimum absolute atomic E-state index is 0.00701. The first-order chi connectivity index (χ1) is 13.2. The lowest BCUT2D eigenvalue weighted by Gasteiger charge is -2.23. The molecule has 1 aliphatic heterocycles. The van der Waals surface area contributed by atoms with Gasteiger partial charge in [0.25, 0.3) is 0 Å². The average Bonchev–Trinajstić information content (AvgIpc) is 3.16. The van der Waals surface area contributed by atoms with Gasteiger partial charge in [-0.3, -0.25) is 4.79 Å². The zero-order valence-electron chi connectivity index (χ0n) is 15.7. The SMILES string of the molecule is CCN(CC(=O)Nc1cc(C)nn1C1CCS(=O)(=O)C1)c1ccc(F)c(F)c1. The number of sulfone groups is 1. The van der Waals surface area contributed by atoms with Gasteiger partial charge in [0.15, 0.2) is 21.5 Å². The monoisotopic (exact) mass is 412 g/mol. The molecule has 3 rings (SSSR count). The third-order valence-corrected chi connectivity index (χ3v) is 6.41. The lowest BCUT2D eigenvalue weighted by atomic mass is 10.2. The van der Waals surface area contributed by atoms with E-state index in [-0.39, 0.29) is 30.0 Å². The van der Waals surface area contributed by atoms with Gasteiger partial charge in [-0.15, -0.1) is 0 Å². The van der Waals surface area contributed by atoms with Gasteiger partial charge in [-0.25, -0.2) is 21.9 Å². The van der Waals surface area contributed by atoms with Crippen LogP contribution in [0.4, 0.5) is 20.3 Å². The zero-order valence-corrected chi connectivity index (χ0v) is 16.5. The second-order valence-electron chi connectivity index (χ2n) is 6.83. The summed E-state index contributed by atoms with van der Waals surface area (Å²) in [5, 5.41) is 7.08. The molecule has 0 spiro atoms. The van der Waals surface area contributed by atoms with E-state index in [1.807, 2.05) is 0 Å². The van der Waals surface area contributed by atoms with Crippen molar-refractivity contribution in [1.82, 2.24) is 9.78 Å². The summed E-state index contributed by atoms with van der Waals surface area (Å²) >= 11 is 0. The van der Waals surface area contributed by atoms with E-state index in [0.717, 1.165) is 12.1 Å². The zero-order chi connectivity index (χ0) is 20.5. The second-order valence-corrected chi connectivity index (χ2v) is 9.06. The summed E-state index contributed by atoms with van der Waals surface area (Å²) in [5.41, 5.74) is 1.05. The molecule has 1 unspecified atom stereocenters. The van der Waals surface area contributed by atoms with Gasteiger partial charge in [0, 0.05) is 24.4 Å². The van der Waals surface area contributed by atoms with Crippen LogP contribution in [0.2, 0.25) is 0 Å². The molecule has 1 atom stereocenters. The predicted octanol–water partition coefficient (Wildman–Crippen LogP) is 2.29. The Bertz CT molecular complexity index is 991. The molecule has 0 bridgehead atoms. The van der Waals surface area contributed by atoms with Gasteiger partial charge >= 0.3 is 0 Å². The standard InChI is InChI=1S/C18H22F2N4O3S/c1-3-23(13-4-5-15(19)16(20)9-13)10-18(25)21-17-8-12(2)22-24(17)14-6-7-28(26,27)11-14/h4-5,8-9,14H,3,6-7,10-11H2,1-2H3,(H,21,25). The minimum atomic E-state index is -3.09. The van der Waals surface area contributed by atoms with Crippen LogP contribution in [0.5, 0.6) is 0 Å². The summed E-state index contributed by atoms with van der Waals surface area (Å²) in [6, 6.07) is 4.83. The van der Waals surface area contributed by atoms with Gasteiger partial charge in [0.2, 0.25) is 5.91 Å². The number of benzene rings is 1. The molecule has 7 nitrogen and oxygen atoms in total. The van der Waals surface area contributed by atoms with E-state index in [1.165, 1.54) is 6.07 Å². The molecule has 2 heterocycles. The predicted molar refractivity (Wildman–Crippen MR) is 102 cm³/mol. The molecule has 1 aromatic carbocycles. The number of aromatic nitrogens is 2. The fourth-order valence-electron chi connectivity index (χ4n) is 3.28. The Kier molecular flexibility index (Phi) is 5.69. The molecule has 1 N–H and O–H groups in total. The van der Waals surface area contributed by atoms with Crippen LogP contribution < -0.4 is 10.2 Å². The van der Waals surface area contributed by atoms with E-state index in [0.29, 0.717) is 30.2 Å². The number of hydrogen-bond acceptors (Lipinski definition) is 5. The van der Waals surface area contributed by atoms with Crippen LogP contribution >= 0.6 is 0 Å². The number of likely N-dealkylation sites (N-methyl/N-ethyl adjacent to an activating group) is 1. The van der Waals surface area contributed by atoms with Crippen molar-refractivity contribution in [1.29, 1.82) is 0 Å². The molecular formula is C18H22F2N4O3S. The van der Waals surface area contributed by atoms with E-state index >= 15 is 0 Å². The van der Waals surface area contributed by atoms with E-state index in [2.05, 4.69) is 10.4 Å². The quantitative estimate of drug-likeness (QED) is 0.787. The number of nitrogens with one attached hydrogen (secondary N) is 1. The molecule has 1 amide bonds. The van der Waals surface area contributed by atoms with Crippen molar-refractivity contribution in [3.8, 4) is 0 Å². The Hall–Kier alpha value is -2.49.